The van der Waals surface area contributed by atoms with Crippen molar-refractivity contribution in [2.75, 3.05) is 11.4 Å². The van der Waals surface area contributed by atoms with Crippen molar-refractivity contribution in [3.05, 3.63) is 59.2 Å². The van der Waals surface area contributed by atoms with Gasteiger partial charge in [0.2, 0.25) is 0 Å². The molecular weight excluding hydrogens is 236 g/mol. The molecule has 0 saturated heterocycles. The summed E-state index contributed by atoms with van der Waals surface area (Å²) in [4.78, 5) is 2.18. The molecule has 1 unspecified atom stereocenters. The summed E-state index contributed by atoms with van der Waals surface area (Å²) in [5.74, 6) is 0.311. The Labute approximate surface area is 113 Å². The van der Waals surface area contributed by atoms with Gasteiger partial charge in [-0.05, 0) is 30.2 Å². The molecule has 0 spiro atoms. The lowest BCUT2D eigenvalue weighted by Crippen LogP contribution is -2.27. The van der Waals surface area contributed by atoms with E-state index in [1.54, 1.807) is 6.07 Å². The van der Waals surface area contributed by atoms with Crippen LogP contribution in [0.3, 0.4) is 0 Å². The van der Waals surface area contributed by atoms with Crippen molar-refractivity contribution < 1.29 is 5.11 Å². The van der Waals surface area contributed by atoms with Crippen molar-refractivity contribution >= 4 is 5.69 Å². The number of benzene rings is 2. The number of hydrogen-bond donors (Lipinski definition) is 2. The second kappa shape index (κ2) is 4.59. The molecule has 2 aromatic carbocycles. The molecule has 3 N–H and O–H groups in total. The highest BCUT2D eigenvalue weighted by Gasteiger charge is 2.30. The summed E-state index contributed by atoms with van der Waals surface area (Å²) in [7, 11) is 0. The number of aromatic hydroxyl groups is 1. The van der Waals surface area contributed by atoms with Crippen molar-refractivity contribution in [3.63, 3.8) is 0 Å². The highest BCUT2D eigenvalue weighted by Crippen LogP contribution is 2.40. The first-order valence-corrected chi connectivity index (χ1v) is 6.55. The Hall–Kier alpha value is -2.00. The van der Waals surface area contributed by atoms with Crippen LogP contribution in [0.5, 0.6) is 5.75 Å². The third-order valence-corrected chi connectivity index (χ3v) is 3.79. The first-order chi connectivity index (χ1) is 9.20. The lowest BCUT2D eigenvalue weighted by molar-refractivity contribution is 0.471. The zero-order valence-corrected chi connectivity index (χ0v) is 11.0. The van der Waals surface area contributed by atoms with Gasteiger partial charge in [-0.1, -0.05) is 35.9 Å². The maximum atomic E-state index is 10.0. The molecule has 0 aromatic heterocycles. The number of phenols is 1. The van der Waals surface area contributed by atoms with Gasteiger partial charge in [-0.2, -0.15) is 0 Å². The number of nitrogens with two attached hydrogens (primary N) is 1. The van der Waals surface area contributed by atoms with Crippen LogP contribution in [0.1, 0.15) is 22.7 Å². The fourth-order valence-corrected chi connectivity index (χ4v) is 2.84. The van der Waals surface area contributed by atoms with Crippen molar-refractivity contribution in [2.24, 2.45) is 5.73 Å². The van der Waals surface area contributed by atoms with E-state index in [1.165, 1.54) is 16.7 Å². The average Bonchev–Trinajstić information content (AvgIpc) is 2.76. The van der Waals surface area contributed by atoms with E-state index in [0.29, 0.717) is 12.3 Å². The van der Waals surface area contributed by atoms with Crippen LogP contribution < -0.4 is 10.6 Å². The fourth-order valence-electron chi connectivity index (χ4n) is 2.84. The normalized spacial score (nSPS) is 17.6. The van der Waals surface area contributed by atoms with Crippen LogP contribution in [0.15, 0.2) is 42.5 Å². The minimum atomic E-state index is 0.142. The number of rotatable bonds is 2. The molecule has 1 heterocycles. The second-order valence-electron chi connectivity index (χ2n) is 5.07. The van der Waals surface area contributed by atoms with Gasteiger partial charge in [0.1, 0.15) is 5.75 Å². The van der Waals surface area contributed by atoms with Crippen LogP contribution in [0.2, 0.25) is 0 Å². The monoisotopic (exact) mass is 254 g/mol. The molecule has 3 heteroatoms. The number of anilines is 1. The van der Waals surface area contributed by atoms with Crippen LogP contribution >= 0.6 is 0 Å². The minimum absolute atomic E-state index is 0.142. The molecule has 3 nitrogen and oxygen atoms in total. The smallest absolute Gasteiger partial charge is 0.138 e. The molecule has 0 fully saturated rings. The molecule has 2 aromatic rings. The average molecular weight is 254 g/mol. The van der Waals surface area contributed by atoms with Gasteiger partial charge in [-0.15, -0.1) is 0 Å². The highest BCUT2D eigenvalue weighted by molar-refractivity contribution is 5.62. The maximum absolute atomic E-state index is 10.0. The molecule has 1 aliphatic heterocycles. The number of phenolic OH excluding ortho intramolecular Hbond substituents is 1. The van der Waals surface area contributed by atoms with Gasteiger partial charge in [-0.3, -0.25) is 0 Å². The molecule has 1 atom stereocenters. The first-order valence-electron chi connectivity index (χ1n) is 6.55. The van der Waals surface area contributed by atoms with Crippen molar-refractivity contribution in [1.82, 2.24) is 0 Å². The Morgan fingerprint density at radius 3 is 2.79 bits per heavy atom. The molecule has 19 heavy (non-hydrogen) atoms. The Bertz CT molecular complexity index is 609. The summed E-state index contributed by atoms with van der Waals surface area (Å²) in [6.45, 7) is 3.44. The van der Waals surface area contributed by atoms with Crippen molar-refractivity contribution in [1.29, 1.82) is 0 Å². The highest BCUT2D eigenvalue weighted by atomic mass is 16.3. The predicted molar refractivity (Wildman–Crippen MR) is 77.3 cm³/mol. The Balaban J connectivity index is 2.05. The number of para-hydroxylation sites is 2. The number of aryl methyl sites for hydroxylation is 1. The molecular formula is C16H18N2O. The van der Waals surface area contributed by atoms with E-state index in [0.717, 1.165) is 12.2 Å². The lowest BCUT2D eigenvalue weighted by Gasteiger charge is -2.26. The van der Waals surface area contributed by atoms with Crippen LogP contribution in [0.4, 0.5) is 5.69 Å². The minimum Gasteiger partial charge on any atom is -0.506 e. The van der Waals surface area contributed by atoms with Crippen molar-refractivity contribution in [2.45, 2.75) is 19.5 Å². The van der Waals surface area contributed by atoms with E-state index in [2.05, 4.69) is 30.0 Å². The van der Waals surface area contributed by atoms with Gasteiger partial charge < -0.3 is 15.7 Å². The summed E-state index contributed by atoms with van der Waals surface area (Å²) in [6, 6.07) is 14.1. The summed E-state index contributed by atoms with van der Waals surface area (Å²) in [6.07, 6.45) is 0. The molecule has 1 aliphatic rings. The van der Waals surface area contributed by atoms with Gasteiger partial charge in [0.15, 0.2) is 0 Å². The standard InChI is InChI=1S/C16H18N2O/c1-11-6-7-12-10-18(15(9-17)13(12)8-11)14-4-2-3-5-16(14)19/h2-8,15,19H,9-10,17H2,1H3. The van der Waals surface area contributed by atoms with Crippen LogP contribution in [-0.2, 0) is 6.54 Å². The van der Waals surface area contributed by atoms with E-state index in [-0.39, 0.29) is 6.04 Å². The zero-order chi connectivity index (χ0) is 13.4. The number of nitrogens with zero attached hydrogens (tertiary/aromatic N) is 1. The van der Waals surface area contributed by atoms with E-state index in [9.17, 15) is 5.11 Å². The van der Waals surface area contributed by atoms with Crippen LogP contribution in [0, 0.1) is 6.92 Å². The Morgan fingerprint density at radius 2 is 2.05 bits per heavy atom. The SMILES string of the molecule is Cc1ccc2c(c1)C(CN)N(c1ccccc1O)C2. The quantitative estimate of drug-likeness (QED) is 0.866. The summed E-state index contributed by atoms with van der Waals surface area (Å²) < 4.78 is 0. The van der Waals surface area contributed by atoms with Gasteiger partial charge in [0.05, 0.1) is 11.7 Å². The molecule has 0 amide bonds. The molecule has 0 radical (unpaired) electrons. The van der Waals surface area contributed by atoms with Gasteiger partial charge >= 0.3 is 0 Å². The topological polar surface area (TPSA) is 49.5 Å². The molecule has 0 aliphatic carbocycles. The Kier molecular flexibility index (Phi) is 2.91. The van der Waals surface area contributed by atoms with E-state index >= 15 is 0 Å². The Morgan fingerprint density at radius 1 is 1.26 bits per heavy atom. The fraction of sp³-hybridized carbons (Fsp3) is 0.250. The molecule has 0 saturated carbocycles. The summed E-state index contributed by atoms with van der Waals surface area (Å²) in [5, 5.41) is 10.0. The van der Waals surface area contributed by atoms with Crippen LogP contribution in [-0.4, -0.2) is 11.7 Å². The summed E-state index contributed by atoms with van der Waals surface area (Å²) in [5.41, 5.74) is 10.6. The van der Waals surface area contributed by atoms with E-state index in [1.807, 2.05) is 18.2 Å². The van der Waals surface area contributed by atoms with Gasteiger partial charge in [0, 0.05) is 13.1 Å². The maximum Gasteiger partial charge on any atom is 0.138 e. The zero-order valence-electron chi connectivity index (χ0n) is 11.0. The van der Waals surface area contributed by atoms with E-state index in [4.69, 9.17) is 5.73 Å². The van der Waals surface area contributed by atoms with Crippen LogP contribution in [0.25, 0.3) is 0 Å². The van der Waals surface area contributed by atoms with Gasteiger partial charge in [0.25, 0.3) is 0 Å². The number of fused-ring (bicyclic) bond motifs is 1. The number of hydrogen-bond acceptors (Lipinski definition) is 3. The third-order valence-electron chi connectivity index (χ3n) is 3.79. The largest absolute Gasteiger partial charge is 0.506 e. The lowest BCUT2D eigenvalue weighted by atomic mass is 10.0. The predicted octanol–water partition coefficient (Wildman–Crippen LogP) is 2.72. The molecule has 0 bridgehead atoms. The summed E-state index contributed by atoms with van der Waals surface area (Å²) >= 11 is 0. The second-order valence-corrected chi connectivity index (χ2v) is 5.07. The van der Waals surface area contributed by atoms with Crippen molar-refractivity contribution in [3.8, 4) is 5.75 Å². The van der Waals surface area contributed by atoms with Gasteiger partial charge in [-0.25, -0.2) is 0 Å². The molecule has 98 valence electrons. The molecule has 3 rings (SSSR count). The first kappa shape index (κ1) is 12.1. The third kappa shape index (κ3) is 1.96. The van der Waals surface area contributed by atoms with E-state index < -0.39 is 0 Å².